The Labute approximate surface area is 272 Å². The Morgan fingerprint density at radius 2 is 1.80 bits per heavy atom. The third-order valence-corrected chi connectivity index (χ3v) is 10.8. The van der Waals surface area contributed by atoms with Gasteiger partial charge < -0.3 is 25.1 Å². The Morgan fingerprint density at radius 3 is 2.33 bits per heavy atom. The summed E-state index contributed by atoms with van der Waals surface area (Å²) in [7, 11) is -3.25. The molecule has 2 aromatic rings. The van der Waals surface area contributed by atoms with Gasteiger partial charge in [0.1, 0.15) is 18.6 Å². The van der Waals surface area contributed by atoms with Crippen molar-refractivity contribution in [1.29, 1.82) is 0 Å². The lowest BCUT2D eigenvalue weighted by Crippen LogP contribution is -2.45. The summed E-state index contributed by atoms with van der Waals surface area (Å²) in [4.78, 5) is 4.73. The van der Waals surface area contributed by atoms with Crippen molar-refractivity contribution in [2.45, 2.75) is 114 Å². The normalized spacial score (nSPS) is 19.5. The molecule has 1 heterocycles. The molecular weight excluding hydrogens is 634 g/mol. The summed E-state index contributed by atoms with van der Waals surface area (Å²) in [6.07, 6.45) is -3.49. The fourth-order valence-corrected chi connectivity index (χ4v) is 5.79. The molecule has 0 saturated heterocycles. The highest BCUT2D eigenvalue weighted by Gasteiger charge is 2.49. The average Bonchev–Trinajstić information content (AvgIpc) is 3.70. The van der Waals surface area contributed by atoms with Gasteiger partial charge in [0.15, 0.2) is 5.60 Å². The lowest BCUT2D eigenvalue weighted by Gasteiger charge is -2.31. The van der Waals surface area contributed by atoms with Crippen LogP contribution in [0, 0.1) is 5.92 Å². The molecule has 0 radical (unpaired) electrons. The molecule has 4 N–H and O–H groups in total. The van der Waals surface area contributed by atoms with Gasteiger partial charge in [0, 0.05) is 26.2 Å². The summed E-state index contributed by atoms with van der Waals surface area (Å²) >= 11 is 0. The zero-order valence-electron chi connectivity index (χ0n) is 31.2. The Morgan fingerprint density at radius 1 is 1.16 bits per heavy atom. The minimum atomic E-state index is -4.70. The highest BCUT2D eigenvalue weighted by atomic mass is 32.2. The summed E-state index contributed by atoms with van der Waals surface area (Å²) in [6.45, 7) is 6.03. The molecule has 8 nitrogen and oxygen atoms in total. The van der Waals surface area contributed by atoms with E-state index in [1.54, 1.807) is 43.5 Å². The molecule has 0 amide bonds. The van der Waals surface area contributed by atoms with Gasteiger partial charge in [-0.2, -0.15) is 13.2 Å². The number of aromatic nitrogens is 2. The van der Waals surface area contributed by atoms with Crippen molar-refractivity contribution in [2.75, 3.05) is 26.2 Å². The summed E-state index contributed by atoms with van der Waals surface area (Å²) < 4.78 is 130. The van der Waals surface area contributed by atoms with Crippen LogP contribution in [-0.2, 0) is 27.2 Å². The van der Waals surface area contributed by atoms with Crippen LogP contribution in [0.25, 0.3) is 11.0 Å². The van der Waals surface area contributed by atoms with Gasteiger partial charge in [-0.3, -0.25) is 0 Å². The SMILES string of the molecule is [2H]C([2H])(N)C(F)(F)C([2H])([2H])N[C@@H](c1ccc2c(c1)nc([C@H](COC(C)(C)C(F)(F)F)N[S@](=O)C(C)(C)C)n2COCC[Si](C)(C)C)C1CC1. The molecule has 0 bridgehead atoms. The Bertz CT molecular complexity index is 1480. The second-order valence-corrected chi connectivity index (χ2v) is 21.8. The van der Waals surface area contributed by atoms with Crippen LogP contribution in [0.4, 0.5) is 22.0 Å². The van der Waals surface area contributed by atoms with Crippen molar-refractivity contribution in [3.8, 4) is 0 Å². The molecule has 3 atom stereocenters. The second kappa shape index (κ2) is 14.3. The van der Waals surface area contributed by atoms with Crippen LogP contribution in [0.15, 0.2) is 18.2 Å². The van der Waals surface area contributed by atoms with Gasteiger partial charge in [-0.05, 0) is 77.1 Å². The van der Waals surface area contributed by atoms with Crippen LogP contribution in [0.2, 0.25) is 25.7 Å². The highest BCUT2D eigenvalue weighted by Crippen LogP contribution is 2.42. The van der Waals surface area contributed by atoms with E-state index in [9.17, 15) is 26.2 Å². The molecule has 1 aromatic carbocycles. The van der Waals surface area contributed by atoms with E-state index in [4.69, 9.17) is 25.7 Å². The number of nitrogens with two attached hydrogens (primary N) is 1. The number of hydrogen-bond acceptors (Lipinski definition) is 6. The molecule has 0 aliphatic heterocycles. The van der Waals surface area contributed by atoms with Crippen molar-refractivity contribution in [2.24, 2.45) is 11.7 Å². The van der Waals surface area contributed by atoms with E-state index in [1.807, 2.05) is 0 Å². The standard InChI is InChI=1S/C30H50F5N5O3SSi/c1-27(2,3)44(41)39-23(16-43-28(4,5)30(33,34)35)26-38-22-15-21(25(20-9-10-20)37-18-29(31,32)17-36)11-12-24(22)40(26)19-42-13-14-45(6,7)8/h11-12,15,20,23,25,37,39H,9-10,13-14,16-19,36H2,1-8H3/t23-,25+,44+/m0/s1/i17D2,18D2. The molecular formula is C30H50F5N5O3SSi. The summed E-state index contributed by atoms with van der Waals surface area (Å²) in [5, 5.41) is 2.31. The first-order chi connectivity index (χ1) is 22.0. The number of nitrogens with one attached hydrogen (secondary N) is 2. The maximum atomic E-state index is 14.8. The maximum absolute atomic E-state index is 14.8. The summed E-state index contributed by atoms with van der Waals surface area (Å²) in [6, 6.07) is 3.56. The zero-order valence-corrected chi connectivity index (χ0v) is 29.0. The molecule has 15 heteroatoms. The third kappa shape index (κ3) is 10.8. The first kappa shape index (κ1) is 32.1. The number of ether oxygens (including phenoxy) is 2. The van der Waals surface area contributed by atoms with Crippen LogP contribution in [0.3, 0.4) is 0 Å². The van der Waals surface area contributed by atoms with Gasteiger partial charge in [-0.25, -0.2) is 22.7 Å². The van der Waals surface area contributed by atoms with Crippen LogP contribution >= 0.6 is 0 Å². The fraction of sp³-hybridized carbons (Fsp3) is 0.767. The van der Waals surface area contributed by atoms with Crippen LogP contribution < -0.4 is 15.8 Å². The van der Waals surface area contributed by atoms with Crippen molar-refractivity contribution in [3.63, 3.8) is 0 Å². The van der Waals surface area contributed by atoms with Gasteiger partial charge >= 0.3 is 6.18 Å². The van der Waals surface area contributed by atoms with E-state index >= 15 is 0 Å². The van der Waals surface area contributed by atoms with Crippen molar-refractivity contribution < 1.29 is 41.1 Å². The largest absolute Gasteiger partial charge is 0.416 e. The highest BCUT2D eigenvalue weighted by molar-refractivity contribution is 7.84. The summed E-state index contributed by atoms with van der Waals surface area (Å²) in [5.74, 6) is -4.66. The number of benzene rings is 1. The minimum absolute atomic E-state index is 0.0523. The fourth-order valence-electron chi connectivity index (χ4n) is 4.24. The maximum Gasteiger partial charge on any atom is 0.416 e. The number of rotatable bonds is 17. The lowest BCUT2D eigenvalue weighted by molar-refractivity contribution is -0.265. The first-order valence-corrected chi connectivity index (χ1v) is 19.8. The van der Waals surface area contributed by atoms with Gasteiger partial charge in [-0.1, -0.05) is 25.7 Å². The van der Waals surface area contributed by atoms with Gasteiger partial charge in [0.05, 0.1) is 46.4 Å². The van der Waals surface area contributed by atoms with Gasteiger partial charge in [-0.15, -0.1) is 0 Å². The molecule has 1 aliphatic carbocycles. The van der Waals surface area contributed by atoms with E-state index in [-0.39, 0.29) is 18.5 Å². The number of imidazole rings is 1. The molecule has 3 rings (SSSR count). The molecule has 1 fully saturated rings. The van der Waals surface area contributed by atoms with Crippen molar-refractivity contribution in [3.05, 3.63) is 29.6 Å². The number of alkyl halides is 5. The predicted octanol–water partition coefficient (Wildman–Crippen LogP) is 6.43. The van der Waals surface area contributed by atoms with Crippen molar-refractivity contribution >= 4 is 30.1 Å². The van der Waals surface area contributed by atoms with E-state index in [0.717, 1.165) is 19.9 Å². The minimum Gasteiger partial charge on any atom is -0.364 e. The molecule has 1 saturated carbocycles. The number of hydrogen-bond donors (Lipinski definition) is 3. The smallest absolute Gasteiger partial charge is 0.364 e. The summed E-state index contributed by atoms with van der Waals surface area (Å²) in [5.41, 5.74) is 3.65. The van der Waals surface area contributed by atoms with Crippen LogP contribution in [0.1, 0.15) is 76.4 Å². The van der Waals surface area contributed by atoms with E-state index in [0.29, 0.717) is 36.0 Å². The third-order valence-electron chi connectivity index (χ3n) is 7.45. The Balaban J connectivity index is 2.12. The van der Waals surface area contributed by atoms with E-state index < -0.39 is 73.2 Å². The van der Waals surface area contributed by atoms with Gasteiger partial charge in [0.25, 0.3) is 5.92 Å². The molecule has 1 aliphatic rings. The number of fused-ring (bicyclic) bond motifs is 1. The molecule has 0 unspecified atom stereocenters. The van der Waals surface area contributed by atoms with Gasteiger partial charge in [0.2, 0.25) is 0 Å². The van der Waals surface area contributed by atoms with E-state index in [1.165, 1.54) is 0 Å². The number of nitrogens with zero attached hydrogens (tertiary/aromatic N) is 2. The molecule has 45 heavy (non-hydrogen) atoms. The quantitative estimate of drug-likeness (QED) is 0.101. The Hall–Kier alpha value is -1.49. The number of halogens is 5. The van der Waals surface area contributed by atoms with E-state index in [2.05, 4.69) is 29.7 Å². The average molecular weight is 688 g/mol. The molecule has 0 spiro atoms. The molecule has 258 valence electrons. The van der Waals surface area contributed by atoms with Crippen LogP contribution in [-0.4, -0.2) is 70.5 Å². The zero-order chi connectivity index (χ0) is 37.6. The Kier molecular flexibility index (Phi) is 10.2. The van der Waals surface area contributed by atoms with Crippen LogP contribution in [0.5, 0.6) is 0 Å². The second-order valence-electron chi connectivity index (χ2n) is 14.2. The van der Waals surface area contributed by atoms with Crippen molar-refractivity contribution in [1.82, 2.24) is 19.6 Å². The topological polar surface area (TPSA) is 103 Å². The predicted molar refractivity (Wildman–Crippen MR) is 171 cm³/mol. The lowest BCUT2D eigenvalue weighted by atomic mass is 10.0. The monoisotopic (exact) mass is 687 g/mol. The molecule has 1 aromatic heterocycles. The first-order valence-electron chi connectivity index (χ1n) is 16.9.